The number of rotatable bonds is 3. The number of carbonyl (C=O) groups is 1. The highest BCUT2D eigenvalue weighted by molar-refractivity contribution is 5.50. The van der Waals surface area contributed by atoms with E-state index in [1.54, 1.807) is 0 Å². The maximum absolute atomic E-state index is 10.5. The van der Waals surface area contributed by atoms with Crippen LogP contribution in [-0.4, -0.2) is 26.6 Å². The Morgan fingerprint density at radius 3 is 2.79 bits per heavy atom. The summed E-state index contributed by atoms with van der Waals surface area (Å²) >= 11 is 0. The molecule has 1 aromatic heterocycles. The van der Waals surface area contributed by atoms with Crippen molar-refractivity contribution in [3.63, 3.8) is 0 Å². The lowest BCUT2D eigenvalue weighted by atomic mass is 10.1. The lowest BCUT2D eigenvalue weighted by Crippen LogP contribution is -2.04. The van der Waals surface area contributed by atoms with Crippen molar-refractivity contribution in [3.8, 4) is 0 Å². The summed E-state index contributed by atoms with van der Waals surface area (Å²) in [4.78, 5) is 10.5. The summed E-state index contributed by atoms with van der Waals surface area (Å²) in [5.41, 5.74) is 1.07. The van der Waals surface area contributed by atoms with Crippen molar-refractivity contribution < 1.29 is 4.79 Å². The van der Waals surface area contributed by atoms with Gasteiger partial charge in [-0.2, -0.15) is 4.68 Å². The Balaban J connectivity index is 2.23. The van der Waals surface area contributed by atoms with Crippen molar-refractivity contribution in [2.75, 3.05) is 0 Å². The minimum Gasteiger partial charge on any atom is -0.276 e. The zero-order valence-electron chi connectivity index (χ0n) is 7.37. The summed E-state index contributed by atoms with van der Waals surface area (Å²) in [5.74, 6) is 0.547. The van der Waals surface area contributed by atoms with Crippen molar-refractivity contribution in [2.24, 2.45) is 0 Å². The van der Waals surface area contributed by atoms with Gasteiger partial charge in [0.2, 0.25) is 6.41 Å². The van der Waals surface area contributed by atoms with E-state index >= 15 is 0 Å². The van der Waals surface area contributed by atoms with Crippen LogP contribution in [-0.2, 0) is 11.2 Å². The lowest BCUT2D eigenvalue weighted by Gasteiger charge is -1.97. The molecule has 0 bridgehead atoms. The summed E-state index contributed by atoms with van der Waals surface area (Å²) in [6.07, 6.45) is 1.16. The normalized spacial score (nSPS) is 10.0. The zero-order chi connectivity index (χ0) is 9.80. The van der Waals surface area contributed by atoms with Gasteiger partial charge in [-0.3, -0.25) is 4.79 Å². The maximum atomic E-state index is 10.5. The number of hydrogen-bond acceptors (Lipinski definition) is 4. The fraction of sp³-hybridized carbons (Fsp3) is 0.111. The first kappa shape index (κ1) is 8.55. The van der Waals surface area contributed by atoms with Crippen LogP contribution in [0.5, 0.6) is 0 Å². The largest absolute Gasteiger partial charge is 0.276 e. The van der Waals surface area contributed by atoms with Crippen molar-refractivity contribution >= 4 is 6.41 Å². The third-order valence-corrected chi connectivity index (χ3v) is 1.87. The highest BCUT2D eigenvalue weighted by atomic mass is 16.1. The number of hydrogen-bond donors (Lipinski definition) is 0. The molecule has 70 valence electrons. The van der Waals surface area contributed by atoms with E-state index in [0.717, 1.165) is 10.2 Å². The minimum atomic E-state index is 0.547. The van der Waals surface area contributed by atoms with Gasteiger partial charge in [-0.15, -0.1) is 5.10 Å². The molecule has 0 radical (unpaired) electrons. The predicted octanol–water partition coefficient (Wildman–Crippen LogP) is 0.302. The topological polar surface area (TPSA) is 60.7 Å². The van der Waals surface area contributed by atoms with Gasteiger partial charge in [0.1, 0.15) is 0 Å². The van der Waals surface area contributed by atoms with E-state index in [4.69, 9.17) is 0 Å². The van der Waals surface area contributed by atoms with Gasteiger partial charge in [0, 0.05) is 6.42 Å². The second kappa shape index (κ2) is 3.78. The van der Waals surface area contributed by atoms with Crippen molar-refractivity contribution in [1.82, 2.24) is 20.2 Å². The van der Waals surface area contributed by atoms with Crippen molar-refractivity contribution in [1.29, 1.82) is 0 Å². The fourth-order valence-electron chi connectivity index (χ4n) is 1.19. The van der Waals surface area contributed by atoms with Gasteiger partial charge in [-0.1, -0.05) is 30.3 Å². The van der Waals surface area contributed by atoms with Crippen LogP contribution in [0.15, 0.2) is 30.3 Å². The first-order chi connectivity index (χ1) is 6.90. The van der Waals surface area contributed by atoms with Crippen LogP contribution in [0.1, 0.15) is 11.4 Å². The number of nitrogens with zero attached hydrogens (tertiary/aromatic N) is 4. The smallest absolute Gasteiger partial charge is 0.237 e. The summed E-state index contributed by atoms with van der Waals surface area (Å²) in [7, 11) is 0. The minimum absolute atomic E-state index is 0.547. The molecule has 0 aliphatic carbocycles. The van der Waals surface area contributed by atoms with Gasteiger partial charge >= 0.3 is 0 Å². The molecule has 5 nitrogen and oxygen atoms in total. The Hall–Kier alpha value is -2.04. The van der Waals surface area contributed by atoms with Crippen LogP contribution in [0.3, 0.4) is 0 Å². The van der Waals surface area contributed by atoms with E-state index in [-0.39, 0.29) is 0 Å². The fourth-order valence-corrected chi connectivity index (χ4v) is 1.19. The molecule has 0 spiro atoms. The first-order valence-electron chi connectivity index (χ1n) is 4.16. The van der Waals surface area contributed by atoms with Crippen molar-refractivity contribution in [3.05, 3.63) is 41.7 Å². The van der Waals surface area contributed by atoms with E-state index in [0.29, 0.717) is 18.7 Å². The van der Waals surface area contributed by atoms with Crippen LogP contribution < -0.4 is 0 Å². The summed E-state index contributed by atoms with van der Waals surface area (Å²) in [6.45, 7) is 0. The Labute approximate surface area is 80.4 Å². The Morgan fingerprint density at radius 2 is 2.07 bits per heavy atom. The van der Waals surface area contributed by atoms with Gasteiger partial charge in [-0.25, -0.2) is 0 Å². The average Bonchev–Trinajstić information content (AvgIpc) is 2.67. The van der Waals surface area contributed by atoms with Crippen LogP contribution in [0.2, 0.25) is 0 Å². The Morgan fingerprint density at radius 1 is 1.29 bits per heavy atom. The summed E-state index contributed by atoms with van der Waals surface area (Å²) in [5, 5.41) is 10.7. The van der Waals surface area contributed by atoms with E-state index in [9.17, 15) is 4.79 Å². The highest BCUT2D eigenvalue weighted by Gasteiger charge is 2.04. The summed E-state index contributed by atoms with van der Waals surface area (Å²) < 4.78 is 1.13. The molecule has 0 saturated heterocycles. The Kier molecular flexibility index (Phi) is 2.31. The molecule has 0 aliphatic rings. The third-order valence-electron chi connectivity index (χ3n) is 1.87. The predicted molar refractivity (Wildman–Crippen MR) is 49.2 cm³/mol. The second-order valence-electron chi connectivity index (χ2n) is 2.81. The molecule has 5 heteroatoms. The SMILES string of the molecule is O=Cn1nnnc1Cc1ccccc1. The molecule has 0 atom stereocenters. The van der Waals surface area contributed by atoms with Gasteiger partial charge in [0.15, 0.2) is 5.82 Å². The zero-order valence-corrected chi connectivity index (χ0v) is 7.37. The highest BCUT2D eigenvalue weighted by Crippen LogP contribution is 2.04. The molecule has 0 N–H and O–H groups in total. The molecular formula is C9H8N4O. The summed E-state index contributed by atoms with van der Waals surface area (Å²) in [6, 6.07) is 9.73. The average molecular weight is 188 g/mol. The molecule has 0 aliphatic heterocycles. The molecule has 2 aromatic rings. The van der Waals surface area contributed by atoms with Gasteiger partial charge < -0.3 is 0 Å². The molecule has 14 heavy (non-hydrogen) atoms. The third kappa shape index (κ3) is 1.66. The first-order valence-corrected chi connectivity index (χ1v) is 4.16. The quantitative estimate of drug-likeness (QED) is 0.513. The van der Waals surface area contributed by atoms with Crippen LogP contribution in [0, 0.1) is 0 Å². The Bertz CT molecular complexity index is 423. The number of benzene rings is 1. The van der Waals surface area contributed by atoms with E-state index in [1.807, 2.05) is 30.3 Å². The monoisotopic (exact) mass is 188 g/mol. The van der Waals surface area contributed by atoms with Gasteiger partial charge in [-0.05, 0) is 16.0 Å². The number of aromatic nitrogens is 4. The lowest BCUT2D eigenvalue weighted by molar-refractivity contribution is 0.535. The molecule has 1 heterocycles. The molecule has 0 amide bonds. The van der Waals surface area contributed by atoms with Crippen LogP contribution in [0.25, 0.3) is 0 Å². The number of tetrazole rings is 1. The standard InChI is InChI=1S/C9H8N4O/c14-7-13-9(10-11-12-13)6-8-4-2-1-3-5-8/h1-5,7H,6H2. The van der Waals surface area contributed by atoms with E-state index in [1.165, 1.54) is 0 Å². The second-order valence-corrected chi connectivity index (χ2v) is 2.81. The molecule has 0 saturated carbocycles. The van der Waals surface area contributed by atoms with E-state index < -0.39 is 0 Å². The van der Waals surface area contributed by atoms with Gasteiger partial charge in [0.05, 0.1) is 0 Å². The molecule has 0 unspecified atom stereocenters. The van der Waals surface area contributed by atoms with Gasteiger partial charge in [0.25, 0.3) is 0 Å². The van der Waals surface area contributed by atoms with Crippen LogP contribution in [0.4, 0.5) is 0 Å². The molecular weight excluding hydrogens is 180 g/mol. The molecule has 0 fully saturated rings. The van der Waals surface area contributed by atoms with Crippen molar-refractivity contribution in [2.45, 2.75) is 6.42 Å². The molecule has 2 rings (SSSR count). The molecule has 1 aromatic carbocycles. The number of carbonyl (C=O) groups excluding carboxylic acids is 1. The van der Waals surface area contributed by atoms with Crippen LogP contribution >= 0.6 is 0 Å². The van der Waals surface area contributed by atoms with E-state index in [2.05, 4.69) is 15.5 Å². The maximum Gasteiger partial charge on any atom is 0.237 e.